The lowest BCUT2D eigenvalue weighted by Gasteiger charge is -2.12. The number of para-hydroxylation sites is 1. The molecule has 0 aliphatic heterocycles. The number of fused-ring (bicyclic) bond motifs is 1. The van der Waals surface area contributed by atoms with Crippen LogP contribution in [0.25, 0.3) is 10.9 Å². The van der Waals surface area contributed by atoms with Crippen molar-refractivity contribution in [3.05, 3.63) is 36.0 Å². The molecule has 0 unspecified atom stereocenters. The third-order valence-corrected chi connectivity index (χ3v) is 2.81. The number of aromatic nitrogens is 1. The zero-order valence-electron chi connectivity index (χ0n) is 8.24. The van der Waals surface area contributed by atoms with Gasteiger partial charge in [-0.1, -0.05) is 30.4 Å². The van der Waals surface area contributed by atoms with E-state index in [1.807, 2.05) is 37.3 Å². The first-order valence-corrected chi connectivity index (χ1v) is 4.89. The molecule has 0 radical (unpaired) electrons. The van der Waals surface area contributed by atoms with Gasteiger partial charge in [-0.3, -0.25) is 0 Å². The number of benzene rings is 1. The lowest BCUT2D eigenvalue weighted by molar-refractivity contribution is 0.637. The minimum Gasteiger partial charge on any atom is -0.368 e. The second kappa shape index (κ2) is 3.42. The first-order valence-electron chi connectivity index (χ1n) is 4.48. The van der Waals surface area contributed by atoms with Gasteiger partial charge in [-0.2, -0.15) is 0 Å². The van der Waals surface area contributed by atoms with Crippen LogP contribution in [-0.2, 0) is 0 Å². The summed E-state index contributed by atoms with van der Waals surface area (Å²) in [5.41, 5.74) is 2.23. The van der Waals surface area contributed by atoms with Crippen molar-refractivity contribution in [3.63, 3.8) is 0 Å². The van der Waals surface area contributed by atoms with Crippen LogP contribution in [0.4, 0.5) is 0 Å². The van der Waals surface area contributed by atoms with Gasteiger partial charge in [-0.25, -0.2) is 0 Å². The van der Waals surface area contributed by atoms with Gasteiger partial charge in [0.15, 0.2) is 0 Å². The van der Waals surface area contributed by atoms with Gasteiger partial charge in [0.2, 0.25) is 0 Å². The number of nitrogens with zero attached hydrogens (tertiary/aromatic N) is 1. The molecule has 2 rings (SSSR count). The molecule has 1 aromatic carbocycles. The van der Waals surface area contributed by atoms with E-state index in [1.165, 1.54) is 5.39 Å². The lowest BCUT2D eigenvalue weighted by Crippen LogP contribution is -2.20. The van der Waals surface area contributed by atoms with Gasteiger partial charge in [0.1, 0.15) is 4.99 Å². The normalized spacial score (nSPS) is 10.4. The number of aromatic amines is 1. The summed E-state index contributed by atoms with van der Waals surface area (Å²) >= 11 is 5.33. The zero-order chi connectivity index (χ0) is 10.1. The molecule has 0 fully saturated rings. The Bertz CT molecular complexity index is 471. The standard InChI is InChI=1S/C11H12N2S/c1-13(2)11(14)9-7-12-10-6-4-3-5-8(9)10/h3-7,12H,1-2H3. The Balaban J connectivity index is 2.58. The van der Waals surface area contributed by atoms with Gasteiger partial charge in [0.05, 0.1) is 0 Å². The Labute approximate surface area is 88.5 Å². The van der Waals surface area contributed by atoms with Crippen LogP contribution < -0.4 is 0 Å². The van der Waals surface area contributed by atoms with Crippen LogP contribution in [0.15, 0.2) is 30.5 Å². The number of hydrogen-bond acceptors (Lipinski definition) is 1. The van der Waals surface area contributed by atoms with Gasteiger partial charge in [0, 0.05) is 36.8 Å². The molecule has 0 spiro atoms. The van der Waals surface area contributed by atoms with E-state index < -0.39 is 0 Å². The second-order valence-electron chi connectivity index (χ2n) is 3.45. The monoisotopic (exact) mass is 204 g/mol. The van der Waals surface area contributed by atoms with Gasteiger partial charge < -0.3 is 9.88 Å². The fraction of sp³-hybridized carbons (Fsp3) is 0.182. The highest BCUT2D eigenvalue weighted by Gasteiger charge is 2.08. The topological polar surface area (TPSA) is 19.0 Å². The van der Waals surface area contributed by atoms with Crippen LogP contribution in [0.1, 0.15) is 5.56 Å². The molecule has 3 heteroatoms. The summed E-state index contributed by atoms with van der Waals surface area (Å²) in [5, 5.41) is 1.19. The molecule has 0 amide bonds. The average molecular weight is 204 g/mol. The van der Waals surface area contributed by atoms with Crippen LogP contribution in [-0.4, -0.2) is 29.0 Å². The third kappa shape index (κ3) is 1.40. The Kier molecular flexibility index (Phi) is 2.25. The summed E-state index contributed by atoms with van der Waals surface area (Å²) in [6, 6.07) is 8.17. The van der Waals surface area contributed by atoms with E-state index in [4.69, 9.17) is 12.2 Å². The van der Waals surface area contributed by atoms with E-state index in [9.17, 15) is 0 Å². The molecule has 0 aliphatic rings. The second-order valence-corrected chi connectivity index (χ2v) is 3.83. The van der Waals surface area contributed by atoms with Crippen molar-refractivity contribution in [2.45, 2.75) is 0 Å². The van der Waals surface area contributed by atoms with Crippen molar-refractivity contribution >= 4 is 28.1 Å². The van der Waals surface area contributed by atoms with E-state index in [-0.39, 0.29) is 0 Å². The molecule has 0 saturated carbocycles. The molecule has 2 aromatic rings. The molecule has 0 bridgehead atoms. The van der Waals surface area contributed by atoms with Crippen LogP contribution in [0.5, 0.6) is 0 Å². The molecule has 0 saturated heterocycles. The Morgan fingerprint density at radius 1 is 1.29 bits per heavy atom. The Hall–Kier alpha value is -1.35. The highest BCUT2D eigenvalue weighted by molar-refractivity contribution is 7.80. The first kappa shape index (κ1) is 9.21. The van der Waals surface area contributed by atoms with E-state index in [2.05, 4.69) is 17.1 Å². The van der Waals surface area contributed by atoms with Crippen molar-refractivity contribution in [1.82, 2.24) is 9.88 Å². The maximum absolute atomic E-state index is 5.33. The molecule has 1 aromatic heterocycles. The van der Waals surface area contributed by atoms with Crippen LogP contribution in [0.3, 0.4) is 0 Å². The fourth-order valence-electron chi connectivity index (χ4n) is 1.49. The SMILES string of the molecule is CN(C)C(=S)c1c[nH]c2ccccc12. The molecule has 14 heavy (non-hydrogen) atoms. The molecular weight excluding hydrogens is 192 g/mol. The predicted molar refractivity (Wildman–Crippen MR) is 63.7 cm³/mol. The summed E-state index contributed by atoms with van der Waals surface area (Å²) in [6.45, 7) is 0. The van der Waals surface area contributed by atoms with Crippen molar-refractivity contribution in [2.24, 2.45) is 0 Å². The highest BCUT2D eigenvalue weighted by atomic mass is 32.1. The quantitative estimate of drug-likeness (QED) is 0.719. The minimum absolute atomic E-state index is 0.863. The lowest BCUT2D eigenvalue weighted by atomic mass is 10.2. The Morgan fingerprint density at radius 2 is 2.00 bits per heavy atom. The number of thiocarbonyl (C=S) groups is 1. The summed E-state index contributed by atoms with van der Waals surface area (Å²) in [4.78, 5) is 6.02. The first-order chi connectivity index (χ1) is 6.70. The molecule has 1 heterocycles. The van der Waals surface area contributed by atoms with E-state index in [1.54, 1.807) is 0 Å². The van der Waals surface area contributed by atoms with Crippen molar-refractivity contribution in [3.8, 4) is 0 Å². The van der Waals surface area contributed by atoms with Gasteiger partial charge in [-0.05, 0) is 6.07 Å². The van der Waals surface area contributed by atoms with Gasteiger partial charge in [0.25, 0.3) is 0 Å². The van der Waals surface area contributed by atoms with E-state index >= 15 is 0 Å². The number of nitrogens with one attached hydrogen (secondary N) is 1. The highest BCUT2D eigenvalue weighted by Crippen LogP contribution is 2.18. The molecular formula is C11H12N2S. The molecule has 72 valence electrons. The fourth-order valence-corrected chi connectivity index (χ4v) is 1.66. The van der Waals surface area contributed by atoms with Gasteiger partial charge >= 0.3 is 0 Å². The predicted octanol–water partition coefficient (Wildman–Crippen LogP) is 2.41. The minimum atomic E-state index is 0.863. The summed E-state index contributed by atoms with van der Waals surface area (Å²) in [7, 11) is 3.92. The molecule has 2 nitrogen and oxygen atoms in total. The van der Waals surface area contributed by atoms with Crippen LogP contribution >= 0.6 is 12.2 Å². The Morgan fingerprint density at radius 3 is 2.71 bits per heavy atom. The van der Waals surface area contributed by atoms with Crippen LogP contribution in [0.2, 0.25) is 0 Å². The van der Waals surface area contributed by atoms with E-state index in [0.29, 0.717) is 0 Å². The maximum atomic E-state index is 5.33. The largest absolute Gasteiger partial charge is 0.368 e. The van der Waals surface area contributed by atoms with E-state index in [0.717, 1.165) is 16.1 Å². The maximum Gasteiger partial charge on any atom is 0.110 e. The summed E-state index contributed by atoms with van der Waals surface area (Å²) < 4.78 is 0. The average Bonchev–Trinajstić information content (AvgIpc) is 2.60. The summed E-state index contributed by atoms with van der Waals surface area (Å²) in [6.07, 6.45) is 1.97. The van der Waals surface area contributed by atoms with Crippen molar-refractivity contribution in [2.75, 3.05) is 14.1 Å². The molecule has 1 N–H and O–H groups in total. The summed E-state index contributed by atoms with van der Waals surface area (Å²) in [5.74, 6) is 0. The number of rotatable bonds is 1. The zero-order valence-corrected chi connectivity index (χ0v) is 9.06. The third-order valence-electron chi connectivity index (χ3n) is 2.23. The van der Waals surface area contributed by atoms with Gasteiger partial charge in [-0.15, -0.1) is 0 Å². The van der Waals surface area contributed by atoms with Crippen molar-refractivity contribution < 1.29 is 0 Å². The number of hydrogen-bond donors (Lipinski definition) is 1. The van der Waals surface area contributed by atoms with Crippen LogP contribution in [0, 0.1) is 0 Å². The van der Waals surface area contributed by atoms with Crippen molar-refractivity contribution in [1.29, 1.82) is 0 Å². The smallest absolute Gasteiger partial charge is 0.110 e. The molecule has 0 atom stereocenters. The molecule has 0 aliphatic carbocycles. The number of H-pyrrole nitrogens is 1.